The van der Waals surface area contributed by atoms with E-state index < -0.39 is 0 Å². The smallest absolute Gasteiger partial charge is 0.225 e. The first kappa shape index (κ1) is 7.12. The molecule has 0 atom stereocenters. The fraction of sp³-hybridized carbons (Fsp3) is 0.571. The van der Waals surface area contributed by atoms with Crippen LogP contribution in [0.5, 0.6) is 0 Å². The second-order valence-corrected chi connectivity index (χ2v) is 2.71. The lowest BCUT2D eigenvalue weighted by Crippen LogP contribution is -1.91. The van der Waals surface area contributed by atoms with Gasteiger partial charge in [0.1, 0.15) is 0 Å². The van der Waals surface area contributed by atoms with E-state index in [0.717, 1.165) is 11.3 Å². The van der Waals surface area contributed by atoms with Crippen LogP contribution in [0.1, 0.15) is 31.0 Å². The van der Waals surface area contributed by atoms with Crippen molar-refractivity contribution in [2.24, 2.45) is 0 Å². The zero-order valence-corrected chi connectivity index (χ0v) is 6.51. The van der Waals surface area contributed by atoms with Gasteiger partial charge in [-0.1, -0.05) is 19.0 Å². The van der Waals surface area contributed by atoms with E-state index in [1.807, 2.05) is 6.92 Å². The number of hydrogen-bond donors (Lipinski definition) is 1. The number of nitrogens with two attached hydrogens (primary N) is 1. The zero-order chi connectivity index (χ0) is 7.72. The molecular weight excluding hydrogens is 128 g/mol. The Hall–Kier alpha value is -0.990. The minimum atomic E-state index is 0.390. The maximum absolute atomic E-state index is 5.45. The summed E-state index contributed by atoms with van der Waals surface area (Å²) in [4.78, 5) is 0. The molecule has 0 aromatic carbocycles. The van der Waals surface area contributed by atoms with Crippen molar-refractivity contribution in [3.63, 3.8) is 0 Å². The fourth-order valence-electron chi connectivity index (χ4n) is 0.900. The Balaban J connectivity index is 3.05. The Kier molecular flexibility index (Phi) is 1.66. The van der Waals surface area contributed by atoms with E-state index in [-0.39, 0.29) is 0 Å². The van der Waals surface area contributed by atoms with E-state index in [1.54, 1.807) is 0 Å². The Bertz CT molecular complexity index is 228. The molecule has 0 bridgehead atoms. The third kappa shape index (κ3) is 0.988. The topological polar surface area (TPSA) is 52.0 Å². The van der Waals surface area contributed by atoms with Crippen LogP contribution in [-0.2, 0) is 0 Å². The molecule has 1 heterocycles. The maximum atomic E-state index is 5.45. The molecule has 3 nitrogen and oxygen atoms in total. The highest BCUT2D eigenvalue weighted by molar-refractivity contribution is 5.38. The van der Waals surface area contributed by atoms with Gasteiger partial charge in [-0.2, -0.15) is 0 Å². The number of anilines is 1. The molecule has 0 saturated heterocycles. The Morgan fingerprint density at radius 3 is 2.30 bits per heavy atom. The number of nitrogens with zero attached hydrogens (tertiary/aromatic N) is 1. The zero-order valence-electron chi connectivity index (χ0n) is 6.51. The molecule has 0 fully saturated rings. The van der Waals surface area contributed by atoms with Gasteiger partial charge in [-0.3, -0.25) is 0 Å². The largest absolute Gasteiger partial charge is 0.367 e. The predicted molar refractivity (Wildman–Crippen MR) is 39.7 cm³/mol. The lowest BCUT2D eigenvalue weighted by Gasteiger charge is -1.97. The van der Waals surface area contributed by atoms with Crippen molar-refractivity contribution >= 4 is 5.88 Å². The van der Waals surface area contributed by atoms with Crippen molar-refractivity contribution in [1.29, 1.82) is 0 Å². The van der Waals surface area contributed by atoms with Crippen LogP contribution in [0.2, 0.25) is 0 Å². The van der Waals surface area contributed by atoms with Crippen molar-refractivity contribution < 1.29 is 4.52 Å². The van der Waals surface area contributed by atoms with E-state index in [9.17, 15) is 0 Å². The van der Waals surface area contributed by atoms with Crippen LogP contribution < -0.4 is 5.73 Å². The molecule has 2 N–H and O–H groups in total. The highest BCUT2D eigenvalue weighted by Crippen LogP contribution is 2.21. The molecule has 1 aromatic rings. The minimum absolute atomic E-state index is 0.390. The molecule has 0 radical (unpaired) electrons. The second kappa shape index (κ2) is 2.33. The molecule has 1 aromatic heterocycles. The van der Waals surface area contributed by atoms with Gasteiger partial charge in [0.2, 0.25) is 5.88 Å². The van der Waals surface area contributed by atoms with Crippen LogP contribution in [-0.4, -0.2) is 5.16 Å². The summed E-state index contributed by atoms with van der Waals surface area (Å²) in [7, 11) is 0. The van der Waals surface area contributed by atoms with Gasteiger partial charge in [-0.25, -0.2) is 0 Å². The van der Waals surface area contributed by atoms with Crippen molar-refractivity contribution in [3.8, 4) is 0 Å². The van der Waals surface area contributed by atoms with E-state index in [0.29, 0.717) is 11.8 Å². The van der Waals surface area contributed by atoms with Crippen LogP contribution in [0.3, 0.4) is 0 Å². The molecule has 10 heavy (non-hydrogen) atoms. The first-order valence-corrected chi connectivity index (χ1v) is 3.34. The van der Waals surface area contributed by atoms with E-state index >= 15 is 0 Å². The second-order valence-electron chi connectivity index (χ2n) is 2.71. The SMILES string of the molecule is Cc1c(C(C)C)noc1N. The quantitative estimate of drug-likeness (QED) is 0.645. The summed E-state index contributed by atoms with van der Waals surface area (Å²) in [6, 6.07) is 0. The average Bonchev–Trinajstić information content (AvgIpc) is 2.14. The monoisotopic (exact) mass is 140 g/mol. The summed E-state index contributed by atoms with van der Waals surface area (Å²) in [6.45, 7) is 6.04. The van der Waals surface area contributed by atoms with Gasteiger partial charge in [0.05, 0.1) is 5.69 Å². The molecule has 0 unspecified atom stereocenters. The molecule has 0 saturated carbocycles. The molecule has 1 rings (SSSR count). The molecule has 3 heteroatoms. The first-order valence-electron chi connectivity index (χ1n) is 3.34. The maximum Gasteiger partial charge on any atom is 0.225 e. The van der Waals surface area contributed by atoms with E-state index in [4.69, 9.17) is 10.3 Å². The standard InChI is InChI=1S/C7H12N2O/c1-4(2)6-5(3)7(8)10-9-6/h4H,8H2,1-3H3. The van der Waals surface area contributed by atoms with Crippen LogP contribution >= 0.6 is 0 Å². The third-order valence-corrected chi connectivity index (χ3v) is 1.54. The minimum Gasteiger partial charge on any atom is -0.367 e. The number of hydrogen-bond acceptors (Lipinski definition) is 3. The summed E-state index contributed by atoms with van der Waals surface area (Å²) in [6.07, 6.45) is 0. The predicted octanol–water partition coefficient (Wildman–Crippen LogP) is 1.69. The molecule has 0 amide bonds. The lowest BCUT2D eigenvalue weighted by molar-refractivity contribution is 0.424. The van der Waals surface area contributed by atoms with E-state index in [1.165, 1.54) is 0 Å². The van der Waals surface area contributed by atoms with Gasteiger partial charge >= 0.3 is 0 Å². The highest BCUT2D eigenvalue weighted by Gasteiger charge is 2.10. The summed E-state index contributed by atoms with van der Waals surface area (Å²) < 4.78 is 4.78. The average molecular weight is 140 g/mol. The summed E-state index contributed by atoms with van der Waals surface area (Å²) in [5.74, 6) is 0.824. The highest BCUT2D eigenvalue weighted by atomic mass is 16.5. The van der Waals surface area contributed by atoms with Gasteiger partial charge in [-0.05, 0) is 12.8 Å². The Labute approximate surface area is 60.2 Å². The molecule has 0 spiro atoms. The van der Waals surface area contributed by atoms with Gasteiger partial charge in [0.15, 0.2) is 0 Å². The third-order valence-electron chi connectivity index (χ3n) is 1.54. The molecule has 0 aliphatic carbocycles. The molecule has 0 aliphatic heterocycles. The van der Waals surface area contributed by atoms with Crippen molar-refractivity contribution in [2.45, 2.75) is 26.7 Å². The normalized spacial score (nSPS) is 10.8. The lowest BCUT2D eigenvalue weighted by atomic mass is 10.1. The molecular formula is C7H12N2O. The van der Waals surface area contributed by atoms with Crippen LogP contribution in [0, 0.1) is 6.92 Å². The van der Waals surface area contributed by atoms with Crippen LogP contribution in [0.15, 0.2) is 4.52 Å². The van der Waals surface area contributed by atoms with E-state index in [2.05, 4.69) is 19.0 Å². The fourth-order valence-corrected chi connectivity index (χ4v) is 0.900. The molecule has 0 aliphatic rings. The van der Waals surface area contributed by atoms with Crippen molar-refractivity contribution in [3.05, 3.63) is 11.3 Å². The van der Waals surface area contributed by atoms with Gasteiger partial charge in [-0.15, -0.1) is 0 Å². The Morgan fingerprint density at radius 2 is 2.10 bits per heavy atom. The summed E-state index contributed by atoms with van der Waals surface area (Å²) in [5, 5.41) is 3.81. The van der Waals surface area contributed by atoms with Crippen molar-refractivity contribution in [1.82, 2.24) is 5.16 Å². The van der Waals surface area contributed by atoms with Gasteiger partial charge in [0.25, 0.3) is 0 Å². The number of rotatable bonds is 1. The van der Waals surface area contributed by atoms with Crippen molar-refractivity contribution in [2.75, 3.05) is 5.73 Å². The van der Waals surface area contributed by atoms with Crippen LogP contribution in [0.4, 0.5) is 5.88 Å². The molecule has 56 valence electrons. The summed E-state index contributed by atoms with van der Waals surface area (Å²) >= 11 is 0. The van der Waals surface area contributed by atoms with Gasteiger partial charge in [0, 0.05) is 5.56 Å². The first-order chi connectivity index (χ1) is 4.63. The van der Waals surface area contributed by atoms with Crippen LogP contribution in [0.25, 0.3) is 0 Å². The number of nitrogen functional groups attached to an aromatic ring is 1. The number of aromatic nitrogens is 1. The Morgan fingerprint density at radius 1 is 1.50 bits per heavy atom. The summed E-state index contributed by atoms with van der Waals surface area (Å²) in [5.41, 5.74) is 7.37. The van der Waals surface area contributed by atoms with Gasteiger partial charge < -0.3 is 10.3 Å².